The molecule has 0 atom stereocenters. The molecule has 2 aliphatic heterocycles. The summed E-state index contributed by atoms with van der Waals surface area (Å²) in [6, 6.07) is 13.9. The predicted molar refractivity (Wildman–Crippen MR) is 153 cm³/mol. The lowest BCUT2D eigenvalue weighted by atomic mass is 10.1. The Morgan fingerprint density at radius 3 is 2.49 bits per heavy atom. The van der Waals surface area contributed by atoms with E-state index in [-0.39, 0.29) is 5.91 Å². The lowest BCUT2D eigenvalue weighted by molar-refractivity contribution is -0.117. The fraction of sp³-hybridized carbons (Fsp3) is 0.448. The summed E-state index contributed by atoms with van der Waals surface area (Å²) >= 11 is 6.18. The Bertz CT molecular complexity index is 1210. The second kappa shape index (κ2) is 12.7. The Kier molecular flexibility index (Phi) is 8.89. The Hall–Kier alpha value is -2.71. The molecule has 0 aliphatic carbocycles. The molecule has 0 spiro atoms. The third-order valence-corrected chi connectivity index (χ3v) is 7.44. The lowest BCUT2D eigenvalue weighted by Gasteiger charge is -2.25. The second-order valence-corrected chi connectivity index (χ2v) is 10.6. The summed E-state index contributed by atoms with van der Waals surface area (Å²) in [5, 5.41) is 12.0. The first-order valence-corrected chi connectivity index (χ1v) is 13.9. The van der Waals surface area contributed by atoms with Crippen LogP contribution in [0.15, 0.2) is 48.7 Å². The number of benzene rings is 2. The van der Waals surface area contributed by atoms with Crippen LogP contribution in [0.2, 0.25) is 5.02 Å². The number of anilines is 3. The maximum absolute atomic E-state index is 12.9. The Morgan fingerprint density at radius 2 is 1.65 bits per heavy atom. The van der Waals surface area contributed by atoms with Gasteiger partial charge in [0, 0.05) is 53.3 Å². The third kappa shape index (κ3) is 7.42. The quantitative estimate of drug-likeness (QED) is 0.317. The highest BCUT2D eigenvalue weighted by molar-refractivity contribution is 6.31. The zero-order chi connectivity index (χ0) is 25.5. The molecule has 1 amide bonds. The number of pyridine rings is 1. The Balaban J connectivity index is 1.31. The van der Waals surface area contributed by atoms with E-state index in [1.54, 1.807) is 6.20 Å². The maximum Gasteiger partial charge on any atom is 0.238 e. The fourth-order valence-electron chi connectivity index (χ4n) is 5.32. The second-order valence-electron chi connectivity index (χ2n) is 10.2. The number of nitrogens with one attached hydrogen (secondary N) is 3. The van der Waals surface area contributed by atoms with Crippen molar-refractivity contribution in [3.05, 3.63) is 59.2 Å². The summed E-state index contributed by atoms with van der Waals surface area (Å²) in [7, 11) is 0. The molecule has 0 bridgehead atoms. The van der Waals surface area contributed by atoms with E-state index < -0.39 is 0 Å². The van der Waals surface area contributed by atoms with Crippen LogP contribution in [0.25, 0.3) is 10.9 Å². The molecular formula is C29H37ClN6O. The van der Waals surface area contributed by atoms with E-state index in [0.29, 0.717) is 11.6 Å². The third-order valence-electron chi connectivity index (χ3n) is 7.21. The molecule has 2 aliphatic rings. The number of carbonyl (C=O) groups is 1. The van der Waals surface area contributed by atoms with Crippen LogP contribution in [0.3, 0.4) is 0 Å². The highest BCUT2D eigenvalue weighted by Gasteiger charge is 2.15. The van der Waals surface area contributed by atoms with Crippen LogP contribution in [0.1, 0.15) is 37.7 Å². The van der Waals surface area contributed by atoms with Gasteiger partial charge in [0.05, 0.1) is 12.1 Å². The van der Waals surface area contributed by atoms with E-state index in [0.717, 1.165) is 66.3 Å². The molecule has 0 saturated carbocycles. The summed E-state index contributed by atoms with van der Waals surface area (Å²) in [6.45, 7) is 7.62. The molecule has 8 heteroatoms. The summed E-state index contributed by atoms with van der Waals surface area (Å²) < 4.78 is 0. The van der Waals surface area contributed by atoms with Crippen LogP contribution in [-0.2, 0) is 11.3 Å². The number of hydrogen-bond donors (Lipinski definition) is 3. The van der Waals surface area contributed by atoms with Gasteiger partial charge in [0.2, 0.25) is 5.91 Å². The highest BCUT2D eigenvalue weighted by atomic mass is 35.5. The molecule has 1 aromatic heterocycles. The minimum Gasteiger partial charge on any atom is -0.355 e. The van der Waals surface area contributed by atoms with Crippen molar-refractivity contribution in [2.75, 3.05) is 56.4 Å². The topological polar surface area (TPSA) is 72.5 Å². The van der Waals surface area contributed by atoms with E-state index in [4.69, 9.17) is 11.6 Å². The van der Waals surface area contributed by atoms with Crippen molar-refractivity contribution in [3.8, 4) is 0 Å². The van der Waals surface area contributed by atoms with Crippen LogP contribution < -0.4 is 16.0 Å². The van der Waals surface area contributed by atoms with Crippen LogP contribution in [0.4, 0.5) is 17.1 Å². The van der Waals surface area contributed by atoms with Crippen LogP contribution in [-0.4, -0.2) is 66.5 Å². The number of aromatic nitrogens is 1. The molecule has 3 aromatic rings. The van der Waals surface area contributed by atoms with E-state index in [1.807, 2.05) is 30.3 Å². The van der Waals surface area contributed by atoms with Gasteiger partial charge in [0.25, 0.3) is 0 Å². The van der Waals surface area contributed by atoms with Crippen LogP contribution in [0, 0.1) is 0 Å². The molecule has 2 fully saturated rings. The Morgan fingerprint density at radius 1 is 0.892 bits per heavy atom. The van der Waals surface area contributed by atoms with Crippen molar-refractivity contribution in [2.45, 2.75) is 38.6 Å². The number of nitrogens with zero attached hydrogens (tertiary/aromatic N) is 3. The van der Waals surface area contributed by atoms with Gasteiger partial charge in [0.15, 0.2) is 0 Å². The van der Waals surface area contributed by atoms with Gasteiger partial charge in [-0.1, -0.05) is 18.0 Å². The number of piperidine rings is 1. The number of rotatable bonds is 10. The summed E-state index contributed by atoms with van der Waals surface area (Å²) in [6.07, 6.45) is 8.01. The van der Waals surface area contributed by atoms with Gasteiger partial charge in [-0.3, -0.25) is 14.7 Å². The van der Waals surface area contributed by atoms with Crippen molar-refractivity contribution >= 4 is 45.5 Å². The zero-order valence-electron chi connectivity index (χ0n) is 21.4. The summed E-state index contributed by atoms with van der Waals surface area (Å²) in [5.74, 6) is 0.0380. The highest BCUT2D eigenvalue weighted by Crippen LogP contribution is 2.29. The molecule has 2 saturated heterocycles. The minimum absolute atomic E-state index is 0.0380. The molecule has 37 heavy (non-hydrogen) atoms. The molecule has 5 rings (SSSR count). The summed E-state index contributed by atoms with van der Waals surface area (Å²) in [5.41, 5.74) is 4.65. The SMILES string of the molecule is O=C(CN1CCCCC1)Nc1cc(CNCCN2CCCC2)cc(Nc2ccnc3cc(Cl)ccc23)c1. The average Bonchev–Trinajstić information content (AvgIpc) is 3.41. The first kappa shape index (κ1) is 25.9. The largest absolute Gasteiger partial charge is 0.355 e. The molecule has 0 radical (unpaired) electrons. The monoisotopic (exact) mass is 520 g/mol. The van der Waals surface area contributed by atoms with Gasteiger partial charge in [-0.25, -0.2) is 0 Å². The molecular weight excluding hydrogens is 484 g/mol. The average molecular weight is 521 g/mol. The van der Waals surface area contributed by atoms with Gasteiger partial charge in [-0.2, -0.15) is 0 Å². The molecule has 196 valence electrons. The van der Waals surface area contributed by atoms with Crippen molar-refractivity contribution in [2.24, 2.45) is 0 Å². The molecule has 2 aromatic carbocycles. The van der Waals surface area contributed by atoms with Crippen molar-refractivity contribution in [1.29, 1.82) is 0 Å². The fourth-order valence-corrected chi connectivity index (χ4v) is 5.49. The van der Waals surface area contributed by atoms with Gasteiger partial charge in [-0.05, 0) is 99.9 Å². The van der Waals surface area contributed by atoms with E-state index in [1.165, 1.54) is 45.2 Å². The number of halogens is 1. The van der Waals surface area contributed by atoms with Crippen LogP contribution >= 0.6 is 11.6 Å². The van der Waals surface area contributed by atoms with Gasteiger partial charge < -0.3 is 20.9 Å². The van der Waals surface area contributed by atoms with Gasteiger partial charge >= 0.3 is 0 Å². The minimum atomic E-state index is 0.0380. The smallest absolute Gasteiger partial charge is 0.238 e. The van der Waals surface area contributed by atoms with E-state index in [9.17, 15) is 4.79 Å². The first-order valence-electron chi connectivity index (χ1n) is 13.5. The number of hydrogen-bond acceptors (Lipinski definition) is 6. The zero-order valence-corrected chi connectivity index (χ0v) is 22.2. The number of amides is 1. The van der Waals surface area contributed by atoms with Gasteiger partial charge in [-0.15, -0.1) is 0 Å². The molecule has 7 nitrogen and oxygen atoms in total. The Labute approximate surface area is 224 Å². The van der Waals surface area contributed by atoms with Crippen molar-refractivity contribution in [3.63, 3.8) is 0 Å². The number of carbonyl (C=O) groups excluding carboxylic acids is 1. The van der Waals surface area contributed by atoms with Gasteiger partial charge in [0.1, 0.15) is 0 Å². The standard InChI is InChI=1S/C29H37ClN6O/c30-23-6-7-26-27(8-9-32-28(26)18-23)33-24-16-22(20-31-10-15-35-11-4-5-12-35)17-25(19-24)34-29(37)21-36-13-2-1-3-14-36/h6-9,16-19,31H,1-5,10-15,20-21H2,(H,32,33)(H,34,37). The molecule has 3 heterocycles. The number of likely N-dealkylation sites (tertiary alicyclic amines) is 2. The predicted octanol–water partition coefficient (Wildman–Crippen LogP) is 5.24. The molecule has 0 unspecified atom stereocenters. The van der Waals surface area contributed by atoms with Crippen molar-refractivity contribution < 1.29 is 4.79 Å². The molecule has 3 N–H and O–H groups in total. The van der Waals surface area contributed by atoms with E-state index >= 15 is 0 Å². The lowest BCUT2D eigenvalue weighted by Crippen LogP contribution is -2.36. The van der Waals surface area contributed by atoms with Crippen LogP contribution in [0.5, 0.6) is 0 Å². The maximum atomic E-state index is 12.9. The van der Waals surface area contributed by atoms with Crippen molar-refractivity contribution in [1.82, 2.24) is 20.1 Å². The normalized spacial score (nSPS) is 16.8. The first-order chi connectivity index (χ1) is 18.1. The van der Waals surface area contributed by atoms with E-state index in [2.05, 4.69) is 42.9 Å². The number of fused-ring (bicyclic) bond motifs is 1. The summed E-state index contributed by atoms with van der Waals surface area (Å²) in [4.78, 5) is 22.1.